The van der Waals surface area contributed by atoms with Crippen LogP contribution in [0.4, 0.5) is 10.1 Å². The Morgan fingerprint density at radius 2 is 2.00 bits per heavy atom. The maximum atomic E-state index is 14.5. The maximum absolute atomic E-state index is 14.5. The number of nitrogens with zero attached hydrogens (tertiary/aromatic N) is 1. The van der Waals surface area contributed by atoms with E-state index in [1.54, 1.807) is 35.2 Å². The fourth-order valence-corrected chi connectivity index (χ4v) is 5.89. The molecule has 0 spiro atoms. The summed E-state index contributed by atoms with van der Waals surface area (Å²) in [6.45, 7) is 2.24. The molecule has 1 saturated heterocycles. The summed E-state index contributed by atoms with van der Waals surface area (Å²) in [6.07, 6.45) is 7.11. The van der Waals surface area contributed by atoms with Gasteiger partial charge in [-0.2, -0.15) is 0 Å². The van der Waals surface area contributed by atoms with Crippen molar-refractivity contribution in [3.63, 3.8) is 0 Å². The van der Waals surface area contributed by atoms with Crippen molar-refractivity contribution in [3.8, 4) is 0 Å². The Morgan fingerprint density at radius 1 is 1.19 bits per heavy atom. The lowest BCUT2D eigenvalue weighted by atomic mass is 9.68. The maximum Gasteiger partial charge on any atom is 0.230 e. The Kier molecular flexibility index (Phi) is 8.76. The molecule has 0 bridgehead atoms. The van der Waals surface area contributed by atoms with Crippen LogP contribution in [-0.4, -0.2) is 29.1 Å². The molecule has 4 nitrogen and oxygen atoms in total. The van der Waals surface area contributed by atoms with E-state index in [2.05, 4.69) is 5.32 Å². The van der Waals surface area contributed by atoms with Crippen LogP contribution in [0.5, 0.6) is 0 Å². The molecular weight excluding hydrogens is 522 g/mol. The van der Waals surface area contributed by atoms with E-state index in [-0.39, 0.29) is 30.1 Å². The molecule has 190 valence electrons. The standard InChI is InChI=1S/C28H28Cl3FN2O2/c1-17-9-10-21(32)15-23(17)27-26(28(36)33-22-8-3-7-20(31)14-22)24(18-5-2-6-19(30)13-18)16-25(35)34(27)12-4-11-29/h2-3,6-10,13-15,18,24,26-27H,4-5,11-12,16H2,1H3,(H,33,36)/t18?,24-,26-,27+/m0/s1. The van der Waals surface area contributed by atoms with Crippen molar-refractivity contribution < 1.29 is 14.0 Å². The third kappa shape index (κ3) is 5.96. The highest BCUT2D eigenvalue weighted by molar-refractivity contribution is 6.31. The smallest absolute Gasteiger partial charge is 0.230 e. The quantitative estimate of drug-likeness (QED) is 0.370. The van der Waals surface area contributed by atoms with Crippen LogP contribution in [0, 0.1) is 30.5 Å². The molecule has 1 heterocycles. The zero-order valence-corrected chi connectivity index (χ0v) is 22.2. The summed E-state index contributed by atoms with van der Waals surface area (Å²) in [4.78, 5) is 29.3. The number of halogens is 4. The predicted molar refractivity (Wildman–Crippen MR) is 144 cm³/mol. The molecule has 2 aromatic carbocycles. The highest BCUT2D eigenvalue weighted by atomic mass is 35.5. The zero-order valence-electron chi connectivity index (χ0n) is 19.9. The third-order valence-electron chi connectivity index (χ3n) is 6.96. The number of carbonyl (C=O) groups is 2. The molecule has 2 aliphatic rings. The first kappa shape index (κ1) is 26.7. The van der Waals surface area contributed by atoms with Crippen molar-refractivity contribution in [2.24, 2.45) is 17.8 Å². The fraction of sp³-hybridized carbons (Fsp3) is 0.357. The van der Waals surface area contributed by atoms with Gasteiger partial charge in [-0.05, 0) is 79.1 Å². The van der Waals surface area contributed by atoms with E-state index in [4.69, 9.17) is 34.8 Å². The van der Waals surface area contributed by atoms with Crippen LogP contribution in [0.3, 0.4) is 0 Å². The molecule has 1 aliphatic carbocycles. The molecule has 1 aliphatic heterocycles. The van der Waals surface area contributed by atoms with E-state index in [1.165, 1.54) is 12.1 Å². The number of amides is 2. The number of hydrogen-bond acceptors (Lipinski definition) is 2. The second-order valence-corrected chi connectivity index (χ2v) is 10.6. The van der Waals surface area contributed by atoms with Gasteiger partial charge in [-0.3, -0.25) is 9.59 Å². The molecule has 2 amide bonds. The number of benzene rings is 2. The van der Waals surface area contributed by atoms with Gasteiger partial charge in [0.1, 0.15) is 5.82 Å². The van der Waals surface area contributed by atoms with Crippen LogP contribution in [0.25, 0.3) is 0 Å². The average Bonchev–Trinajstić information content (AvgIpc) is 2.84. The summed E-state index contributed by atoms with van der Waals surface area (Å²) >= 11 is 18.5. The molecule has 2 aromatic rings. The first-order chi connectivity index (χ1) is 17.3. The first-order valence-corrected chi connectivity index (χ1v) is 13.3. The fourth-order valence-electron chi connectivity index (χ4n) is 5.33. The SMILES string of the molecule is Cc1ccc(F)cc1[C@@H]1[C@@H](C(=O)Nc2cccc(Cl)c2)[C@H](C2C=C(Cl)C=CC2)CC(=O)N1CCCCl. The monoisotopic (exact) mass is 548 g/mol. The van der Waals surface area contributed by atoms with Crippen LogP contribution in [0.15, 0.2) is 65.7 Å². The van der Waals surface area contributed by atoms with E-state index >= 15 is 0 Å². The number of rotatable bonds is 7. The molecule has 0 saturated carbocycles. The zero-order chi connectivity index (χ0) is 25.8. The van der Waals surface area contributed by atoms with Crippen LogP contribution >= 0.6 is 34.8 Å². The Balaban J connectivity index is 1.83. The van der Waals surface area contributed by atoms with Crippen LogP contribution in [0.2, 0.25) is 5.02 Å². The van der Waals surface area contributed by atoms with Gasteiger partial charge in [0.05, 0.1) is 12.0 Å². The van der Waals surface area contributed by atoms with Gasteiger partial charge in [0, 0.05) is 34.6 Å². The second-order valence-electron chi connectivity index (χ2n) is 9.32. The molecule has 8 heteroatoms. The molecule has 4 rings (SSSR count). The molecular formula is C28H28Cl3FN2O2. The molecule has 0 aromatic heterocycles. The number of likely N-dealkylation sites (tertiary alicyclic amines) is 1. The topological polar surface area (TPSA) is 49.4 Å². The van der Waals surface area contributed by atoms with E-state index in [1.807, 2.05) is 25.2 Å². The summed E-state index contributed by atoms with van der Waals surface area (Å²) < 4.78 is 14.5. The van der Waals surface area contributed by atoms with Gasteiger partial charge in [0.2, 0.25) is 11.8 Å². The molecule has 1 N–H and O–H groups in total. The summed E-state index contributed by atoms with van der Waals surface area (Å²) in [5.74, 6) is -1.49. The average molecular weight is 550 g/mol. The summed E-state index contributed by atoms with van der Waals surface area (Å²) in [5.41, 5.74) is 1.99. The van der Waals surface area contributed by atoms with Crippen LogP contribution < -0.4 is 5.32 Å². The van der Waals surface area contributed by atoms with Crippen molar-refractivity contribution in [3.05, 3.63) is 87.7 Å². The highest BCUT2D eigenvalue weighted by Gasteiger charge is 2.49. The number of aryl methyl sites for hydroxylation is 1. The van der Waals surface area contributed by atoms with Gasteiger partial charge < -0.3 is 10.2 Å². The number of nitrogens with one attached hydrogen (secondary N) is 1. The lowest BCUT2D eigenvalue weighted by Crippen LogP contribution is -2.52. The van der Waals surface area contributed by atoms with Crippen molar-refractivity contribution >= 4 is 52.3 Å². The van der Waals surface area contributed by atoms with E-state index in [0.29, 0.717) is 46.6 Å². The Morgan fingerprint density at radius 3 is 2.72 bits per heavy atom. The Bertz CT molecular complexity index is 1200. The number of alkyl halides is 1. The van der Waals surface area contributed by atoms with Crippen molar-refractivity contribution in [1.29, 1.82) is 0 Å². The normalized spacial score (nSPS) is 24.0. The molecule has 36 heavy (non-hydrogen) atoms. The van der Waals surface area contributed by atoms with Gasteiger partial charge >= 0.3 is 0 Å². The number of piperidine rings is 1. The minimum Gasteiger partial charge on any atom is -0.335 e. The van der Waals surface area contributed by atoms with Crippen molar-refractivity contribution in [1.82, 2.24) is 4.90 Å². The van der Waals surface area contributed by atoms with Gasteiger partial charge in [0.15, 0.2) is 0 Å². The molecule has 1 fully saturated rings. The van der Waals surface area contributed by atoms with Crippen molar-refractivity contribution in [2.75, 3.05) is 17.7 Å². The number of carbonyl (C=O) groups excluding carboxylic acids is 2. The Hall–Kier alpha value is -2.34. The van der Waals surface area contributed by atoms with E-state index in [0.717, 1.165) is 5.56 Å². The number of anilines is 1. The van der Waals surface area contributed by atoms with Gasteiger partial charge in [-0.1, -0.05) is 47.5 Å². The summed E-state index contributed by atoms with van der Waals surface area (Å²) in [6, 6.07) is 10.8. The van der Waals surface area contributed by atoms with Crippen LogP contribution in [0.1, 0.15) is 36.4 Å². The largest absolute Gasteiger partial charge is 0.335 e. The minimum atomic E-state index is -0.660. The number of hydrogen-bond donors (Lipinski definition) is 1. The molecule has 4 atom stereocenters. The van der Waals surface area contributed by atoms with Crippen molar-refractivity contribution in [2.45, 2.75) is 32.2 Å². The summed E-state index contributed by atoms with van der Waals surface area (Å²) in [5, 5.41) is 4.08. The molecule has 0 radical (unpaired) electrons. The minimum absolute atomic E-state index is 0.0790. The molecule has 1 unspecified atom stereocenters. The van der Waals surface area contributed by atoms with Crippen LogP contribution in [-0.2, 0) is 9.59 Å². The highest BCUT2D eigenvalue weighted by Crippen LogP contribution is 2.47. The summed E-state index contributed by atoms with van der Waals surface area (Å²) in [7, 11) is 0. The first-order valence-electron chi connectivity index (χ1n) is 12.0. The van der Waals surface area contributed by atoms with Gasteiger partial charge in [0.25, 0.3) is 0 Å². The lowest BCUT2D eigenvalue weighted by Gasteiger charge is -2.47. The number of allylic oxidation sites excluding steroid dienone is 4. The van der Waals surface area contributed by atoms with Gasteiger partial charge in [-0.15, -0.1) is 11.6 Å². The Labute approximate surface area is 226 Å². The predicted octanol–water partition coefficient (Wildman–Crippen LogP) is 7.26. The second kappa shape index (κ2) is 11.8. The van der Waals surface area contributed by atoms with Gasteiger partial charge in [-0.25, -0.2) is 4.39 Å². The lowest BCUT2D eigenvalue weighted by molar-refractivity contribution is -0.147. The van der Waals surface area contributed by atoms with E-state index < -0.39 is 17.8 Å². The van der Waals surface area contributed by atoms with E-state index in [9.17, 15) is 14.0 Å². The third-order valence-corrected chi connectivity index (χ3v) is 7.72.